The first-order valence-electron chi connectivity index (χ1n) is 49.1. The van der Waals surface area contributed by atoms with Crippen LogP contribution in [0.1, 0.15) is 221 Å². The lowest BCUT2D eigenvalue weighted by molar-refractivity contribution is -0.142. The lowest BCUT2D eigenvalue weighted by atomic mass is 9.88. The highest BCUT2D eigenvalue weighted by Crippen LogP contribution is 2.26. The van der Waals surface area contributed by atoms with E-state index in [1.165, 1.54) is 73.8 Å². The van der Waals surface area contributed by atoms with Crippen LogP contribution in [0.2, 0.25) is 0 Å². The van der Waals surface area contributed by atoms with Gasteiger partial charge in [0.15, 0.2) is 46.6 Å². The van der Waals surface area contributed by atoms with Gasteiger partial charge in [-0.2, -0.15) is 23.5 Å². The Hall–Kier alpha value is -11.8. The number of aliphatic hydroxyl groups is 2. The zero-order valence-electron chi connectivity index (χ0n) is 85.4. The summed E-state index contributed by atoms with van der Waals surface area (Å²) in [5.74, 6) is -20.3. The number of aromatic hydroxyl groups is 2. The third-order valence-corrected chi connectivity index (χ3v) is 24.7. The molecule has 2 rings (SSSR count). The highest BCUT2D eigenvalue weighted by molar-refractivity contribution is 7.98. The molecule has 0 spiro atoms. The van der Waals surface area contributed by atoms with Crippen molar-refractivity contribution in [3.05, 3.63) is 59.7 Å². The maximum Gasteiger partial charge on any atom is 0.305 e. The second-order valence-corrected chi connectivity index (χ2v) is 39.2. The second-order valence-electron chi connectivity index (χ2n) is 37.2. The van der Waals surface area contributed by atoms with Crippen molar-refractivity contribution in [1.82, 2.24) is 58.5 Å². The van der Waals surface area contributed by atoms with Crippen molar-refractivity contribution in [2.24, 2.45) is 109 Å². The molecule has 16 atom stereocenters. The molecular weight excluding hydrogens is 1920 g/mol. The van der Waals surface area contributed by atoms with E-state index in [4.69, 9.17) is 51.6 Å². The molecule has 2 aromatic carbocycles. The number of rotatable bonds is 78. The van der Waals surface area contributed by atoms with Crippen LogP contribution in [-0.4, -0.2) is 286 Å². The summed E-state index contributed by atoms with van der Waals surface area (Å²) in [6.07, 6.45) is 3.28. The first-order valence-corrected chi connectivity index (χ1v) is 51.9. The Morgan fingerprint density at radius 3 is 1.32 bits per heavy atom. The molecule has 0 heterocycles. The zero-order valence-corrected chi connectivity index (χ0v) is 87.0. The SMILES string of the molecule is CSCC[C@H](NC(=O)[C@H](CO)CC(=O)[C@H](CCCN=C(N)N)NC(=O)[C@@H](CC(=O)[C@H](CCCCN)NC(C)=O)CC(C)C)C(=O)C[C@H](C(=O)N[C@@H](CC(=O)O)C(=O)C[C@@H](CCCCN)C(=O)N[C@@H](Cc1ccc(O)cc1)C(=O)N[C@@H](CNCN=C(N)N)C(=O)N[C@@H](CC(C)C)C(N)=O)[C@@H](C)O.CSCC[C@H](NC(C)=O)C(=O)NCC(=O)C[C@@H](Cc1ccc(O)cc1)C(=O)N[C@@H](CCC(N)=O)C(=O)C[C@H](C)CCCCN. The molecule has 34 N–H and O–H groups in total. The van der Waals surface area contributed by atoms with Crippen LogP contribution in [0.3, 0.4) is 0 Å². The minimum Gasteiger partial charge on any atom is -0.508 e. The summed E-state index contributed by atoms with van der Waals surface area (Å²) in [6, 6.07) is 0.348. The number of hydrogen-bond acceptors (Lipinski definition) is 31. The average molecular weight is 2080 g/mol. The van der Waals surface area contributed by atoms with Gasteiger partial charge in [-0.25, -0.2) is 4.99 Å². The van der Waals surface area contributed by atoms with Crippen LogP contribution in [-0.2, 0) is 104 Å². The van der Waals surface area contributed by atoms with Crippen molar-refractivity contribution < 1.29 is 117 Å². The number of aliphatic carboxylic acids is 1. The van der Waals surface area contributed by atoms with E-state index in [0.29, 0.717) is 55.7 Å². The zero-order chi connectivity index (χ0) is 110. The number of hydrogen-bond donors (Lipinski definition) is 25. The number of primary amides is 2. The fraction of sp³-hybridized carbons (Fsp3) is 0.660. The van der Waals surface area contributed by atoms with E-state index in [2.05, 4.69) is 68.5 Å². The maximum atomic E-state index is 14.6. The number of amides is 12. The minimum atomic E-state index is -1.89. The van der Waals surface area contributed by atoms with Crippen molar-refractivity contribution in [2.75, 3.05) is 76.6 Å². The molecule has 0 bridgehead atoms. The van der Waals surface area contributed by atoms with Gasteiger partial charge in [0.05, 0.1) is 74.4 Å². The molecule has 145 heavy (non-hydrogen) atoms. The van der Waals surface area contributed by atoms with Crippen molar-refractivity contribution in [1.29, 1.82) is 0 Å². The Morgan fingerprint density at radius 2 is 0.814 bits per heavy atom. The summed E-state index contributed by atoms with van der Waals surface area (Å²) in [4.78, 5) is 262. The van der Waals surface area contributed by atoms with Crippen molar-refractivity contribution >= 4 is 147 Å². The smallest absolute Gasteiger partial charge is 0.305 e. The number of carboxylic acid groups (broad SMARTS) is 1. The Bertz CT molecular complexity index is 4510. The summed E-state index contributed by atoms with van der Waals surface area (Å²) in [5, 5.41) is 80.2. The molecule has 0 saturated carbocycles. The predicted molar refractivity (Wildman–Crippen MR) is 551 cm³/mol. The number of guanidine groups is 2. The monoisotopic (exact) mass is 2080 g/mol. The minimum absolute atomic E-state index is 0.0326. The summed E-state index contributed by atoms with van der Waals surface area (Å²) in [6.45, 7) is 12.2. The average Bonchev–Trinajstić information content (AvgIpc) is 0.466. The molecule has 46 nitrogen and oxygen atoms in total. The number of benzene rings is 2. The van der Waals surface area contributed by atoms with Gasteiger partial charge < -0.3 is 130 Å². The van der Waals surface area contributed by atoms with Gasteiger partial charge in [0.2, 0.25) is 70.9 Å². The van der Waals surface area contributed by atoms with Crippen LogP contribution in [0.15, 0.2) is 58.5 Å². The van der Waals surface area contributed by atoms with Gasteiger partial charge in [-0.3, -0.25) is 101 Å². The Morgan fingerprint density at radius 1 is 0.393 bits per heavy atom. The Balaban J connectivity index is 0.00000198. The third-order valence-electron chi connectivity index (χ3n) is 23.4. The summed E-state index contributed by atoms with van der Waals surface area (Å²) >= 11 is 2.79. The summed E-state index contributed by atoms with van der Waals surface area (Å²) in [7, 11) is 0. The molecule has 0 aliphatic heterocycles. The number of ketones is 6. The van der Waals surface area contributed by atoms with Crippen LogP contribution in [0.25, 0.3) is 0 Å². The third kappa shape index (κ3) is 57.6. The number of Topliss-reactive ketones (excluding diaryl/α,β-unsaturated/α-hetero) is 6. The van der Waals surface area contributed by atoms with Gasteiger partial charge in [0, 0.05) is 96.1 Å². The molecule has 0 radical (unpaired) electrons. The van der Waals surface area contributed by atoms with Crippen molar-refractivity contribution in [3.63, 3.8) is 0 Å². The highest BCUT2D eigenvalue weighted by Gasteiger charge is 2.40. The summed E-state index contributed by atoms with van der Waals surface area (Å²) < 4.78 is 0. The van der Waals surface area contributed by atoms with Crippen LogP contribution < -0.4 is 110 Å². The van der Waals surface area contributed by atoms with Crippen molar-refractivity contribution in [2.45, 2.75) is 283 Å². The normalized spacial score (nSPS) is 14.5. The number of nitrogens with two attached hydrogens (primary N) is 9. The fourth-order valence-corrected chi connectivity index (χ4v) is 16.5. The highest BCUT2D eigenvalue weighted by atomic mass is 32.2. The van der Waals surface area contributed by atoms with E-state index < -0.39 is 222 Å². The van der Waals surface area contributed by atoms with Gasteiger partial charge >= 0.3 is 5.97 Å². The molecule has 48 heteroatoms. The van der Waals surface area contributed by atoms with Gasteiger partial charge in [0.25, 0.3) is 0 Å². The van der Waals surface area contributed by atoms with Gasteiger partial charge in [-0.15, -0.1) is 0 Å². The lowest BCUT2D eigenvalue weighted by Crippen LogP contribution is -2.59. The summed E-state index contributed by atoms with van der Waals surface area (Å²) in [5.41, 5.74) is 51.0. The van der Waals surface area contributed by atoms with Crippen LogP contribution >= 0.6 is 23.5 Å². The largest absolute Gasteiger partial charge is 0.508 e. The van der Waals surface area contributed by atoms with E-state index in [0.717, 1.165) is 26.2 Å². The molecular formula is C97H162N22O24S2. The molecule has 12 amide bonds. The Kier molecular flexibility index (Phi) is 66.3. The number of nitrogens with zero attached hydrogens (tertiary/aromatic N) is 2. The number of unbranched alkanes of at least 4 members (excludes halogenated alkanes) is 3. The van der Waals surface area contributed by atoms with E-state index in [1.807, 2.05) is 27.0 Å². The van der Waals surface area contributed by atoms with Gasteiger partial charge in [-0.1, -0.05) is 78.1 Å². The number of aliphatic hydroxyl groups excluding tert-OH is 2. The van der Waals surface area contributed by atoms with E-state index >= 15 is 0 Å². The first-order chi connectivity index (χ1) is 68.4. The molecule has 0 aromatic heterocycles. The molecule has 0 fully saturated rings. The number of nitrogens with one attached hydrogen (secondary N) is 11. The van der Waals surface area contributed by atoms with Gasteiger partial charge in [-0.05, 0) is 194 Å². The standard InChI is InChI=1S/C66H113N17O17S.C31H49N5O7S/c1-36(2)25-42(29-53(88)46(77-39(6)86)14-9-11-22-68)60(96)78-47(15-12-23-75-65(70)71)54(89)30-43(34-84)61(97)79-48(20-24-101-7)56(91)31-45(38(5)85)62(98)80-49(32-57(92)93)55(90)28-41(13-8-10-21-67)59(95)82-51(27-40-16-18-44(87)19-17-40)63(99)83-52(33-74-35-76-66(72)73)64(100)81-50(58(69)94)26-37(3)4;1-20(6-4-5-14-32)16-28(40)26(11-12-29(33)41)36-30(42)23(17-22-7-9-24(38)10-8-22)18-25(39)19-34-31(43)27(13-15-44-3)35-21(2)37/h16-19,36-38,41-43,45-52,74,84-85,87H,8-15,20-35,67-68H2,1-7H3,(H2,69,94)(H,77,86)(H,78,96)(H,79,97)(H,80,98)(H,81,100)(H,82,95)(H,83,99)(H,92,93)(H4,70,71,75)(H4,72,73,76);7-10,20,23,26-27,38H,4-6,11-19,32H2,1-3H3,(H2,33,41)(H,34,43)(H,35,37)(H,36,42)/t38-,41-,42-,43+,45+,46+,47+,48+,49+,50+,51+,52+;20-,23-,26+,27+/m11/s1. The maximum absolute atomic E-state index is 14.6. The number of thioether (sulfide) groups is 2. The molecule has 0 unspecified atom stereocenters. The number of carbonyl (C=O) groups is 19. The quantitative estimate of drug-likeness (QED) is 0.0200. The van der Waals surface area contributed by atoms with E-state index in [-0.39, 0.29) is 188 Å². The predicted octanol–water partition coefficient (Wildman–Crippen LogP) is -1.68. The van der Waals surface area contributed by atoms with Crippen LogP contribution in [0, 0.1) is 47.3 Å². The van der Waals surface area contributed by atoms with E-state index in [1.54, 1.807) is 32.2 Å². The topological polar surface area (TPSA) is 817 Å². The first kappa shape index (κ1) is 131. The second kappa shape index (κ2) is 73.3. The molecule has 0 aliphatic rings. The number of phenolic OH excluding ortho intramolecular Hbond substituents is 2. The molecule has 0 saturated heterocycles. The van der Waals surface area contributed by atoms with Crippen LogP contribution in [0.5, 0.6) is 11.5 Å². The molecule has 816 valence electrons. The fourth-order valence-electron chi connectivity index (χ4n) is 15.5. The number of carboxylic acids is 1. The Labute approximate surface area is 857 Å². The van der Waals surface area contributed by atoms with Crippen molar-refractivity contribution in [3.8, 4) is 11.5 Å². The van der Waals surface area contributed by atoms with E-state index in [9.17, 15) is 117 Å². The number of carbonyl (C=O) groups excluding carboxylic acids is 18. The van der Waals surface area contributed by atoms with Crippen LogP contribution in [0.4, 0.5) is 0 Å². The number of aliphatic imine (C=N–C) groups is 2. The lowest BCUT2D eigenvalue weighted by Gasteiger charge is -2.27. The molecule has 2 aromatic rings. The number of phenols is 2. The van der Waals surface area contributed by atoms with Gasteiger partial charge in [0.1, 0.15) is 35.7 Å². The molecule has 0 aliphatic carbocycles.